The van der Waals surface area contributed by atoms with Gasteiger partial charge in [-0.25, -0.2) is 4.57 Å². The number of nitrogens with zero attached hydrogens (tertiary/aromatic N) is 2. The molecule has 0 saturated carbocycles. The standard InChI is InChI=1S/C5H8N4.C2HF3O2/c1-2-9-4-7-8-5(9)3-6-1;3-2(4,5)1(6)7/h4,6H,1-3H2;(H,6,7). The van der Waals surface area contributed by atoms with Gasteiger partial charge in [0, 0.05) is 11.6 Å². The summed E-state index contributed by atoms with van der Waals surface area (Å²) in [6.45, 7) is 3.00. The van der Waals surface area contributed by atoms with Gasteiger partial charge >= 0.3 is 6.18 Å². The molecule has 1 aliphatic rings. The topological polar surface area (TPSA) is 84.7 Å². The molecule has 0 saturated heterocycles. The minimum atomic E-state index is -5.19. The molecule has 1 aromatic rings. The Morgan fingerprint density at radius 1 is 1.56 bits per heavy atom. The smallest absolute Gasteiger partial charge is 0.430 e. The predicted molar refractivity (Wildman–Crippen MR) is 41.6 cm³/mol. The molecular weight excluding hydrogens is 229 g/mol. The number of rotatable bonds is 0. The first kappa shape index (κ1) is 12.4. The average Bonchev–Trinajstić information content (AvgIpc) is 2.64. The number of carbonyl (C=O) groups excluding carboxylic acids is 1. The van der Waals surface area contributed by atoms with Gasteiger partial charge in [-0.2, -0.15) is 13.2 Å². The molecule has 0 bridgehead atoms. The SMILES string of the molecule is O=C([O-])C(F)(F)F.c1n[nH]c2[n+]1CCNC2. The van der Waals surface area contributed by atoms with E-state index in [0.29, 0.717) is 0 Å². The highest BCUT2D eigenvalue weighted by Crippen LogP contribution is 2.11. The molecule has 0 aromatic carbocycles. The Kier molecular flexibility index (Phi) is 3.82. The molecule has 0 unspecified atom stereocenters. The normalized spacial score (nSPS) is 14.7. The van der Waals surface area contributed by atoms with Gasteiger partial charge in [0.1, 0.15) is 5.97 Å². The minimum Gasteiger partial charge on any atom is -0.542 e. The average molecular weight is 238 g/mol. The Bertz CT molecular complexity index is 342. The maximum Gasteiger partial charge on any atom is 0.430 e. The number of carboxylic acid groups (broad SMARTS) is 1. The third kappa shape index (κ3) is 3.50. The highest BCUT2D eigenvalue weighted by molar-refractivity contribution is 5.70. The van der Waals surface area contributed by atoms with Crippen LogP contribution in [0.1, 0.15) is 5.82 Å². The van der Waals surface area contributed by atoms with E-state index in [1.165, 1.54) is 5.82 Å². The molecule has 0 amide bonds. The van der Waals surface area contributed by atoms with Crippen molar-refractivity contribution in [3.63, 3.8) is 0 Å². The Morgan fingerprint density at radius 3 is 2.69 bits per heavy atom. The van der Waals surface area contributed by atoms with Crippen LogP contribution in [0.3, 0.4) is 0 Å². The molecule has 0 fully saturated rings. The summed E-state index contributed by atoms with van der Waals surface area (Å²) >= 11 is 0. The highest BCUT2D eigenvalue weighted by atomic mass is 19.4. The fourth-order valence-corrected chi connectivity index (χ4v) is 1.05. The number of carboxylic acids is 1. The van der Waals surface area contributed by atoms with Crippen molar-refractivity contribution in [3.05, 3.63) is 12.2 Å². The second-order valence-corrected chi connectivity index (χ2v) is 2.96. The molecule has 1 aromatic heterocycles. The number of carbonyl (C=O) groups is 1. The summed E-state index contributed by atoms with van der Waals surface area (Å²) in [7, 11) is 0. The molecule has 0 aliphatic carbocycles. The largest absolute Gasteiger partial charge is 0.542 e. The van der Waals surface area contributed by atoms with Gasteiger partial charge in [-0.05, 0) is 0 Å². The Hall–Kier alpha value is -1.64. The molecule has 9 heteroatoms. The van der Waals surface area contributed by atoms with Crippen LogP contribution in [0.4, 0.5) is 13.2 Å². The molecule has 0 spiro atoms. The Balaban J connectivity index is 0.000000168. The molecule has 0 radical (unpaired) electrons. The first-order chi connectivity index (χ1) is 7.41. The van der Waals surface area contributed by atoms with Gasteiger partial charge in [0.2, 0.25) is 5.82 Å². The summed E-state index contributed by atoms with van der Waals surface area (Å²) in [5.74, 6) is -1.84. The van der Waals surface area contributed by atoms with E-state index in [2.05, 4.69) is 20.1 Å². The van der Waals surface area contributed by atoms with Crippen LogP contribution in [0, 0.1) is 0 Å². The van der Waals surface area contributed by atoms with Gasteiger partial charge in [0.25, 0.3) is 6.33 Å². The minimum absolute atomic E-state index is 0.917. The van der Waals surface area contributed by atoms with Crippen molar-refractivity contribution in [2.24, 2.45) is 0 Å². The van der Waals surface area contributed by atoms with Gasteiger partial charge in [0.15, 0.2) is 0 Å². The summed E-state index contributed by atoms with van der Waals surface area (Å²) in [6, 6.07) is 0. The lowest BCUT2D eigenvalue weighted by molar-refractivity contribution is -0.707. The van der Waals surface area contributed by atoms with Crippen molar-refractivity contribution in [1.29, 1.82) is 0 Å². The van der Waals surface area contributed by atoms with Gasteiger partial charge in [-0.3, -0.25) is 0 Å². The quantitative estimate of drug-likeness (QED) is 0.517. The van der Waals surface area contributed by atoms with Gasteiger partial charge in [-0.1, -0.05) is 0 Å². The molecule has 2 heterocycles. The van der Waals surface area contributed by atoms with Crippen molar-refractivity contribution < 1.29 is 27.6 Å². The Morgan fingerprint density at radius 2 is 2.19 bits per heavy atom. The number of alkyl halides is 3. The number of aliphatic carboxylic acids is 1. The number of nitrogens with one attached hydrogen (secondary N) is 2. The van der Waals surface area contributed by atoms with Gasteiger partial charge < -0.3 is 15.2 Å². The molecule has 2 rings (SSSR count). The zero-order chi connectivity index (χ0) is 12.2. The second-order valence-electron chi connectivity index (χ2n) is 2.96. The first-order valence-electron chi connectivity index (χ1n) is 4.32. The molecular formula is C7H9F3N4O2. The van der Waals surface area contributed by atoms with E-state index in [4.69, 9.17) is 9.90 Å². The summed E-state index contributed by atoms with van der Waals surface area (Å²) in [5.41, 5.74) is 0. The lowest BCUT2D eigenvalue weighted by Crippen LogP contribution is -2.47. The van der Waals surface area contributed by atoms with Gasteiger partial charge in [0.05, 0.1) is 13.1 Å². The maximum atomic E-state index is 10.5. The fourth-order valence-electron chi connectivity index (χ4n) is 1.05. The molecule has 16 heavy (non-hydrogen) atoms. The van der Waals surface area contributed by atoms with E-state index in [1.807, 2.05) is 6.33 Å². The fraction of sp³-hybridized carbons (Fsp3) is 0.571. The van der Waals surface area contributed by atoms with E-state index in [9.17, 15) is 13.2 Å². The summed E-state index contributed by atoms with van der Waals surface area (Å²) < 4.78 is 33.7. The number of halogens is 3. The van der Waals surface area contributed by atoms with Crippen LogP contribution in [0.2, 0.25) is 0 Å². The number of H-pyrrole nitrogens is 1. The first-order valence-corrected chi connectivity index (χ1v) is 4.32. The summed E-state index contributed by atoms with van der Waals surface area (Å²) in [6.07, 6.45) is -3.36. The molecule has 1 aliphatic heterocycles. The highest BCUT2D eigenvalue weighted by Gasteiger charge is 2.28. The summed E-state index contributed by atoms with van der Waals surface area (Å²) in [4.78, 5) is 8.78. The van der Waals surface area contributed by atoms with Crippen molar-refractivity contribution in [2.75, 3.05) is 6.54 Å². The van der Waals surface area contributed by atoms with Crippen molar-refractivity contribution in [3.8, 4) is 0 Å². The van der Waals surface area contributed by atoms with Crippen LogP contribution in [-0.2, 0) is 17.9 Å². The zero-order valence-electron chi connectivity index (χ0n) is 8.04. The Labute approximate surface area is 88.1 Å². The van der Waals surface area contributed by atoms with E-state index in [-0.39, 0.29) is 0 Å². The summed E-state index contributed by atoms with van der Waals surface area (Å²) in [5, 5.41) is 18.8. The van der Waals surface area contributed by atoms with E-state index in [1.54, 1.807) is 0 Å². The van der Waals surface area contributed by atoms with Crippen LogP contribution in [-0.4, -0.2) is 28.9 Å². The van der Waals surface area contributed by atoms with Crippen LogP contribution >= 0.6 is 0 Å². The van der Waals surface area contributed by atoms with Crippen LogP contribution < -0.4 is 15.0 Å². The van der Waals surface area contributed by atoms with E-state index >= 15 is 0 Å². The van der Waals surface area contributed by atoms with E-state index in [0.717, 1.165) is 19.6 Å². The lowest BCUT2D eigenvalue weighted by Gasteiger charge is -2.07. The predicted octanol–water partition coefficient (Wildman–Crippen LogP) is -1.90. The van der Waals surface area contributed by atoms with Crippen molar-refractivity contribution >= 4 is 5.97 Å². The maximum absolute atomic E-state index is 10.5. The monoisotopic (exact) mass is 238 g/mol. The van der Waals surface area contributed by atoms with Crippen molar-refractivity contribution in [1.82, 2.24) is 15.5 Å². The number of hydrogen-bond acceptors (Lipinski definition) is 4. The van der Waals surface area contributed by atoms with Crippen LogP contribution in [0.5, 0.6) is 0 Å². The number of fused-ring (bicyclic) bond motifs is 1. The van der Waals surface area contributed by atoms with E-state index < -0.39 is 12.1 Å². The van der Waals surface area contributed by atoms with Crippen LogP contribution in [0.25, 0.3) is 0 Å². The number of hydrogen-bond donors (Lipinski definition) is 2. The molecule has 6 nitrogen and oxygen atoms in total. The van der Waals surface area contributed by atoms with Crippen LogP contribution in [0.15, 0.2) is 6.33 Å². The number of aromatic amines is 1. The third-order valence-corrected chi connectivity index (χ3v) is 1.79. The zero-order valence-corrected chi connectivity index (χ0v) is 8.04. The van der Waals surface area contributed by atoms with Gasteiger partial charge in [-0.15, -0.1) is 5.10 Å². The molecule has 2 N–H and O–H groups in total. The number of aromatic nitrogens is 3. The second kappa shape index (κ2) is 4.92. The molecule has 90 valence electrons. The molecule has 0 atom stereocenters. The third-order valence-electron chi connectivity index (χ3n) is 1.79. The van der Waals surface area contributed by atoms with Crippen molar-refractivity contribution in [2.45, 2.75) is 19.3 Å². The lowest BCUT2D eigenvalue weighted by atomic mass is 10.4.